The van der Waals surface area contributed by atoms with Gasteiger partial charge < -0.3 is 9.32 Å². The van der Waals surface area contributed by atoms with Gasteiger partial charge in [0.15, 0.2) is 5.76 Å². The summed E-state index contributed by atoms with van der Waals surface area (Å²) in [7, 11) is 2.10. The molecule has 1 aliphatic heterocycles. The molecular weight excluding hydrogens is 204 g/mol. The topological polar surface area (TPSA) is 36.7 Å². The lowest BCUT2D eigenvalue weighted by molar-refractivity contribution is 0.0389. The Labute approximate surface area is 95.8 Å². The van der Waals surface area contributed by atoms with Crippen LogP contribution in [0.1, 0.15) is 24.4 Å². The minimum atomic E-state index is -0.00296. The number of carbonyl (C=O) groups excluding carboxylic acids is 1. The summed E-state index contributed by atoms with van der Waals surface area (Å²) in [4.78, 5) is 16.2. The highest BCUT2D eigenvalue weighted by Crippen LogP contribution is 2.16. The average molecular weight is 222 g/mol. The number of likely N-dealkylation sites (N-methyl/N-ethyl adjacent to an activating group) is 1. The molecule has 0 aromatic carbocycles. The van der Waals surface area contributed by atoms with Crippen molar-refractivity contribution in [3.63, 3.8) is 0 Å². The van der Waals surface area contributed by atoms with Gasteiger partial charge in [-0.05, 0) is 33.0 Å². The summed E-state index contributed by atoms with van der Waals surface area (Å²) in [6.07, 6.45) is 1.54. The summed E-state index contributed by atoms with van der Waals surface area (Å²) in [5, 5.41) is 0. The Morgan fingerprint density at radius 1 is 1.38 bits per heavy atom. The maximum absolute atomic E-state index is 12.1. The minimum absolute atomic E-state index is 0.00296. The van der Waals surface area contributed by atoms with Crippen molar-refractivity contribution in [2.45, 2.75) is 25.9 Å². The van der Waals surface area contributed by atoms with Gasteiger partial charge in [-0.25, -0.2) is 0 Å². The molecule has 0 saturated carbocycles. The van der Waals surface area contributed by atoms with Crippen LogP contribution in [0.2, 0.25) is 0 Å². The normalized spacial score (nSPS) is 27.1. The van der Waals surface area contributed by atoms with Gasteiger partial charge in [0.2, 0.25) is 0 Å². The third kappa shape index (κ3) is 1.97. The molecule has 2 rings (SSSR count). The smallest absolute Gasteiger partial charge is 0.289 e. The van der Waals surface area contributed by atoms with Gasteiger partial charge in [-0.3, -0.25) is 9.69 Å². The van der Waals surface area contributed by atoms with Crippen molar-refractivity contribution in [1.82, 2.24) is 9.80 Å². The fourth-order valence-corrected chi connectivity index (χ4v) is 2.13. The van der Waals surface area contributed by atoms with Gasteiger partial charge in [-0.2, -0.15) is 0 Å². The lowest BCUT2D eigenvalue weighted by Gasteiger charge is -2.42. The van der Waals surface area contributed by atoms with Crippen molar-refractivity contribution >= 4 is 5.91 Å². The summed E-state index contributed by atoms with van der Waals surface area (Å²) >= 11 is 0. The van der Waals surface area contributed by atoms with Crippen molar-refractivity contribution in [1.29, 1.82) is 0 Å². The third-order valence-corrected chi connectivity index (χ3v) is 3.38. The highest BCUT2D eigenvalue weighted by molar-refractivity contribution is 5.91. The molecule has 1 fully saturated rings. The van der Waals surface area contributed by atoms with Crippen LogP contribution in [0.4, 0.5) is 0 Å². The van der Waals surface area contributed by atoms with Crippen LogP contribution in [0.3, 0.4) is 0 Å². The molecule has 4 nitrogen and oxygen atoms in total. The van der Waals surface area contributed by atoms with Crippen LogP contribution in [0.5, 0.6) is 0 Å². The molecule has 0 bridgehead atoms. The van der Waals surface area contributed by atoms with E-state index in [-0.39, 0.29) is 5.91 Å². The fourth-order valence-electron chi connectivity index (χ4n) is 2.13. The average Bonchev–Trinajstić information content (AvgIpc) is 2.77. The number of hydrogen-bond acceptors (Lipinski definition) is 3. The highest BCUT2D eigenvalue weighted by atomic mass is 16.3. The van der Waals surface area contributed by atoms with Crippen molar-refractivity contribution in [3.05, 3.63) is 24.2 Å². The van der Waals surface area contributed by atoms with Crippen molar-refractivity contribution in [2.75, 3.05) is 20.1 Å². The quantitative estimate of drug-likeness (QED) is 0.721. The number of hydrogen-bond donors (Lipinski definition) is 0. The summed E-state index contributed by atoms with van der Waals surface area (Å²) in [5.41, 5.74) is 0. The summed E-state index contributed by atoms with van der Waals surface area (Å²) in [5.74, 6) is 0.431. The predicted octanol–water partition coefficient (Wildman–Crippen LogP) is 1.44. The van der Waals surface area contributed by atoms with Gasteiger partial charge in [0.05, 0.1) is 6.26 Å². The number of furan rings is 1. The number of piperazine rings is 1. The summed E-state index contributed by atoms with van der Waals surface area (Å²) in [6, 6.07) is 4.25. The van der Waals surface area contributed by atoms with Gasteiger partial charge in [-0.1, -0.05) is 0 Å². The Kier molecular flexibility index (Phi) is 3.01. The Hall–Kier alpha value is -1.29. The maximum atomic E-state index is 12.1. The zero-order valence-corrected chi connectivity index (χ0v) is 10.0. The fraction of sp³-hybridized carbons (Fsp3) is 0.583. The predicted molar refractivity (Wildman–Crippen MR) is 61.3 cm³/mol. The van der Waals surface area contributed by atoms with Gasteiger partial charge in [-0.15, -0.1) is 0 Å². The van der Waals surface area contributed by atoms with E-state index in [1.54, 1.807) is 12.1 Å². The number of amides is 1. The zero-order valence-electron chi connectivity index (χ0n) is 10.0. The van der Waals surface area contributed by atoms with Gasteiger partial charge in [0.25, 0.3) is 5.91 Å². The number of carbonyl (C=O) groups is 1. The first-order valence-corrected chi connectivity index (χ1v) is 5.64. The molecule has 0 N–H and O–H groups in total. The molecule has 0 radical (unpaired) electrons. The standard InChI is InChI=1S/C12H18N2O2/c1-9-7-14(8-10(2)13(9)3)12(15)11-5-4-6-16-11/h4-6,9-10H,7-8H2,1-3H3. The zero-order chi connectivity index (χ0) is 11.7. The van der Waals surface area contributed by atoms with E-state index in [4.69, 9.17) is 4.42 Å². The first kappa shape index (κ1) is 11.2. The molecule has 4 heteroatoms. The first-order chi connectivity index (χ1) is 7.59. The largest absolute Gasteiger partial charge is 0.459 e. The van der Waals surface area contributed by atoms with Crippen LogP contribution in [-0.4, -0.2) is 47.9 Å². The second kappa shape index (κ2) is 4.29. The molecule has 1 amide bonds. The Bertz CT molecular complexity index is 349. The molecule has 16 heavy (non-hydrogen) atoms. The van der Waals surface area contributed by atoms with Crippen molar-refractivity contribution < 1.29 is 9.21 Å². The molecule has 0 aliphatic carbocycles. The first-order valence-electron chi connectivity index (χ1n) is 5.64. The molecule has 2 unspecified atom stereocenters. The molecule has 1 saturated heterocycles. The monoisotopic (exact) mass is 222 g/mol. The van der Waals surface area contributed by atoms with E-state index >= 15 is 0 Å². The molecule has 1 aromatic heterocycles. The van der Waals surface area contributed by atoms with E-state index in [0.717, 1.165) is 13.1 Å². The molecule has 2 heterocycles. The van der Waals surface area contributed by atoms with Crippen LogP contribution in [0, 0.1) is 0 Å². The van der Waals surface area contributed by atoms with Gasteiger partial charge >= 0.3 is 0 Å². The number of rotatable bonds is 1. The van der Waals surface area contributed by atoms with Gasteiger partial charge in [0.1, 0.15) is 0 Å². The van der Waals surface area contributed by atoms with Crippen LogP contribution < -0.4 is 0 Å². The van der Waals surface area contributed by atoms with Gasteiger partial charge in [0, 0.05) is 25.2 Å². The lowest BCUT2D eigenvalue weighted by atomic mass is 10.1. The van der Waals surface area contributed by atoms with Crippen LogP contribution in [0.15, 0.2) is 22.8 Å². The van der Waals surface area contributed by atoms with E-state index < -0.39 is 0 Å². The molecule has 1 aromatic rings. The minimum Gasteiger partial charge on any atom is -0.459 e. The molecular formula is C12H18N2O2. The Morgan fingerprint density at radius 2 is 2.00 bits per heavy atom. The molecule has 1 aliphatic rings. The van der Waals surface area contributed by atoms with E-state index in [9.17, 15) is 4.79 Å². The van der Waals surface area contributed by atoms with E-state index in [1.807, 2.05) is 4.90 Å². The third-order valence-electron chi connectivity index (χ3n) is 3.38. The summed E-state index contributed by atoms with van der Waals surface area (Å²) in [6.45, 7) is 5.80. The second-order valence-corrected chi connectivity index (χ2v) is 4.55. The van der Waals surface area contributed by atoms with Crippen LogP contribution >= 0.6 is 0 Å². The van der Waals surface area contributed by atoms with Crippen molar-refractivity contribution in [2.24, 2.45) is 0 Å². The Morgan fingerprint density at radius 3 is 2.50 bits per heavy atom. The molecule has 2 atom stereocenters. The number of nitrogens with zero attached hydrogens (tertiary/aromatic N) is 2. The maximum Gasteiger partial charge on any atom is 0.289 e. The SMILES string of the molecule is CC1CN(C(=O)c2ccco2)CC(C)N1C. The van der Waals surface area contributed by atoms with E-state index in [2.05, 4.69) is 25.8 Å². The molecule has 0 spiro atoms. The van der Waals surface area contributed by atoms with E-state index in [1.165, 1.54) is 6.26 Å². The second-order valence-electron chi connectivity index (χ2n) is 4.55. The molecule has 88 valence electrons. The summed E-state index contributed by atoms with van der Waals surface area (Å²) < 4.78 is 5.14. The van der Waals surface area contributed by atoms with Crippen LogP contribution in [-0.2, 0) is 0 Å². The lowest BCUT2D eigenvalue weighted by Crippen LogP contribution is -2.56. The van der Waals surface area contributed by atoms with Crippen LogP contribution in [0.25, 0.3) is 0 Å². The van der Waals surface area contributed by atoms with Crippen molar-refractivity contribution in [3.8, 4) is 0 Å². The Balaban J connectivity index is 2.09. The highest BCUT2D eigenvalue weighted by Gasteiger charge is 2.30. The van der Waals surface area contributed by atoms with E-state index in [0.29, 0.717) is 17.8 Å².